The molecule has 0 aromatic heterocycles. The minimum absolute atomic E-state index is 0.219. The molecule has 0 saturated carbocycles. The normalized spacial score (nSPS) is 11.5. The van der Waals surface area contributed by atoms with Crippen molar-refractivity contribution in [2.45, 2.75) is 39.7 Å². The predicted molar refractivity (Wildman–Crippen MR) is 67.9 cm³/mol. The van der Waals surface area contributed by atoms with E-state index in [0.717, 1.165) is 12.8 Å². The third-order valence-electron chi connectivity index (χ3n) is 2.33. The highest BCUT2D eigenvalue weighted by Crippen LogP contribution is 2.03. The number of nitrogens with zero attached hydrogens (tertiary/aromatic N) is 1. The van der Waals surface area contributed by atoms with Gasteiger partial charge in [-0.05, 0) is 20.3 Å². The Hall–Kier alpha value is -1.65. The molecule has 0 bridgehead atoms. The molecular weight excluding hydrogens is 234 g/mol. The van der Waals surface area contributed by atoms with Crippen molar-refractivity contribution in [3.8, 4) is 0 Å². The van der Waals surface area contributed by atoms with E-state index in [4.69, 9.17) is 4.74 Å². The number of carbonyl (C=O) groups is 3. The number of carbonyl (C=O) groups excluding carboxylic acids is 3. The van der Waals surface area contributed by atoms with E-state index < -0.39 is 18.0 Å². The third kappa shape index (κ3) is 6.18. The van der Waals surface area contributed by atoms with Crippen molar-refractivity contribution in [1.29, 1.82) is 0 Å². The fraction of sp³-hybridized carbons (Fsp3) is 0.615. The Morgan fingerprint density at radius 3 is 2.50 bits per heavy atom. The van der Waals surface area contributed by atoms with E-state index in [1.807, 2.05) is 6.92 Å². The lowest BCUT2D eigenvalue weighted by Gasteiger charge is -2.24. The molecule has 0 saturated heterocycles. The lowest BCUT2D eigenvalue weighted by atomic mass is 10.2. The highest BCUT2D eigenvalue weighted by atomic mass is 16.5. The highest BCUT2D eigenvalue weighted by Gasteiger charge is 2.18. The zero-order valence-corrected chi connectivity index (χ0v) is 11.3. The van der Waals surface area contributed by atoms with Crippen LogP contribution in [0, 0.1) is 0 Å². The van der Waals surface area contributed by atoms with E-state index in [0.29, 0.717) is 12.1 Å². The zero-order chi connectivity index (χ0) is 14.1. The molecule has 1 atom stereocenters. The van der Waals surface area contributed by atoms with Crippen LogP contribution in [0.3, 0.4) is 0 Å². The standard InChI is InChI=1S/C13H21NO4/c1-5-6-7-14(12(16)9-15)8-11(4)18-13(17)10(2)3/h9,11H,2,5-8H2,1,3-4H3. The van der Waals surface area contributed by atoms with Crippen LogP contribution in [-0.4, -0.2) is 42.3 Å². The van der Waals surface area contributed by atoms with Crippen molar-refractivity contribution < 1.29 is 19.1 Å². The van der Waals surface area contributed by atoms with Gasteiger partial charge in [0.25, 0.3) is 5.91 Å². The number of esters is 1. The number of amides is 1. The number of hydrogen-bond acceptors (Lipinski definition) is 4. The first-order valence-electron chi connectivity index (χ1n) is 6.02. The van der Waals surface area contributed by atoms with Gasteiger partial charge in [0.1, 0.15) is 6.10 Å². The summed E-state index contributed by atoms with van der Waals surface area (Å²) in [6.45, 7) is 9.41. The predicted octanol–water partition coefficient (Wildman–Crippen LogP) is 1.32. The SMILES string of the molecule is C=C(C)C(=O)OC(C)CN(CCCC)C(=O)C=O. The fourth-order valence-corrected chi connectivity index (χ4v) is 1.35. The molecular formula is C13H21NO4. The van der Waals surface area contributed by atoms with Gasteiger partial charge in [0, 0.05) is 12.1 Å². The Morgan fingerprint density at radius 2 is 2.06 bits per heavy atom. The quantitative estimate of drug-likeness (QED) is 0.284. The van der Waals surface area contributed by atoms with Gasteiger partial charge in [-0.1, -0.05) is 19.9 Å². The topological polar surface area (TPSA) is 63.7 Å². The Kier molecular flexibility index (Phi) is 7.67. The van der Waals surface area contributed by atoms with Gasteiger partial charge >= 0.3 is 5.97 Å². The number of aldehydes is 1. The Bertz CT molecular complexity index is 325. The average molecular weight is 255 g/mol. The van der Waals surface area contributed by atoms with Crippen molar-refractivity contribution in [2.24, 2.45) is 0 Å². The first-order valence-corrected chi connectivity index (χ1v) is 6.02. The maximum absolute atomic E-state index is 11.4. The molecule has 0 spiro atoms. The Labute approximate surface area is 108 Å². The molecule has 0 aromatic carbocycles. The van der Waals surface area contributed by atoms with Crippen LogP contribution in [0.25, 0.3) is 0 Å². The van der Waals surface area contributed by atoms with Crippen LogP contribution < -0.4 is 0 Å². The van der Waals surface area contributed by atoms with E-state index in [1.165, 1.54) is 4.90 Å². The molecule has 5 nitrogen and oxygen atoms in total. The van der Waals surface area contributed by atoms with Crippen molar-refractivity contribution >= 4 is 18.2 Å². The molecule has 0 aliphatic rings. The molecule has 18 heavy (non-hydrogen) atoms. The summed E-state index contributed by atoms with van der Waals surface area (Å²) >= 11 is 0. The van der Waals surface area contributed by atoms with Gasteiger partial charge in [-0.25, -0.2) is 4.79 Å². The number of hydrogen-bond donors (Lipinski definition) is 0. The molecule has 0 aliphatic heterocycles. The Balaban J connectivity index is 4.38. The second-order valence-corrected chi connectivity index (χ2v) is 4.25. The zero-order valence-electron chi connectivity index (χ0n) is 11.3. The fourth-order valence-electron chi connectivity index (χ4n) is 1.35. The average Bonchev–Trinajstić information content (AvgIpc) is 2.33. The van der Waals surface area contributed by atoms with E-state index in [1.54, 1.807) is 13.8 Å². The summed E-state index contributed by atoms with van der Waals surface area (Å²) in [6.07, 6.45) is 1.54. The maximum atomic E-state index is 11.4. The molecule has 0 radical (unpaired) electrons. The van der Waals surface area contributed by atoms with Gasteiger partial charge < -0.3 is 9.64 Å². The smallest absolute Gasteiger partial charge is 0.333 e. The minimum Gasteiger partial charge on any atom is -0.457 e. The van der Waals surface area contributed by atoms with Crippen LogP contribution in [0.1, 0.15) is 33.6 Å². The van der Waals surface area contributed by atoms with Gasteiger partial charge in [0.15, 0.2) is 0 Å². The highest BCUT2D eigenvalue weighted by molar-refractivity contribution is 6.23. The van der Waals surface area contributed by atoms with E-state index in [9.17, 15) is 14.4 Å². The third-order valence-corrected chi connectivity index (χ3v) is 2.33. The van der Waals surface area contributed by atoms with Gasteiger partial charge in [0.2, 0.25) is 6.29 Å². The van der Waals surface area contributed by atoms with Crippen molar-refractivity contribution in [2.75, 3.05) is 13.1 Å². The van der Waals surface area contributed by atoms with E-state index in [2.05, 4.69) is 6.58 Å². The van der Waals surface area contributed by atoms with Crippen LogP contribution >= 0.6 is 0 Å². The second-order valence-electron chi connectivity index (χ2n) is 4.25. The van der Waals surface area contributed by atoms with Crippen molar-refractivity contribution in [3.05, 3.63) is 12.2 Å². The lowest BCUT2D eigenvalue weighted by molar-refractivity contribution is -0.147. The molecule has 0 rings (SSSR count). The lowest BCUT2D eigenvalue weighted by Crippen LogP contribution is -2.39. The summed E-state index contributed by atoms with van der Waals surface area (Å²) in [4.78, 5) is 34.6. The summed E-state index contributed by atoms with van der Waals surface area (Å²) in [5.41, 5.74) is 0.309. The molecule has 5 heteroatoms. The van der Waals surface area contributed by atoms with Gasteiger partial charge in [-0.3, -0.25) is 9.59 Å². The van der Waals surface area contributed by atoms with Gasteiger partial charge in [0.05, 0.1) is 6.54 Å². The molecule has 0 aliphatic carbocycles. The molecule has 0 heterocycles. The second kappa shape index (κ2) is 8.44. The van der Waals surface area contributed by atoms with Crippen LogP contribution in [0.4, 0.5) is 0 Å². The van der Waals surface area contributed by atoms with E-state index >= 15 is 0 Å². The number of unbranched alkanes of at least 4 members (excludes halogenated alkanes) is 1. The summed E-state index contributed by atoms with van der Waals surface area (Å²) < 4.78 is 5.07. The van der Waals surface area contributed by atoms with Crippen LogP contribution in [0.2, 0.25) is 0 Å². The number of ether oxygens (including phenoxy) is 1. The first-order chi connectivity index (χ1) is 8.42. The molecule has 1 unspecified atom stereocenters. The molecule has 102 valence electrons. The van der Waals surface area contributed by atoms with Crippen LogP contribution in [-0.2, 0) is 19.1 Å². The van der Waals surface area contributed by atoms with Gasteiger partial charge in [-0.15, -0.1) is 0 Å². The van der Waals surface area contributed by atoms with Crippen LogP contribution in [0.15, 0.2) is 12.2 Å². The first kappa shape index (κ1) is 16.4. The minimum atomic E-state index is -0.582. The molecule has 1 amide bonds. The van der Waals surface area contributed by atoms with Crippen LogP contribution in [0.5, 0.6) is 0 Å². The molecule has 0 N–H and O–H groups in total. The van der Waals surface area contributed by atoms with Crippen molar-refractivity contribution in [3.63, 3.8) is 0 Å². The van der Waals surface area contributed by atoms with E-state index in [-0.39, 0.29) is 12.8 Å². The maximum Gasteiger partial charge on any atom is 0.333 e. The molecule has 0 aromatic rings. The largest absolute Gasteiger partial charge is 0.457 e. The molecule has 0 fully saturated rings. The van der Waals surface area contributed by atoms with Crippen molar-refractivity contribution in [1.82, 2.24) is 4.90 Å². The van der Waals surface area contributed by atoms with Gasteiger partial charge in [-0.2, -0.15) is 0 Å². The Morgan fingerprint density at radius 1 is 1.44 bits per heavy atom. The summed E-state index contributed by atoms with van der Waals surface area (Å²) in [5, 5.41) is 0. The number of rotatable bonds is 8. The monoisotopic (exact) mass is 255 g/mol. The summed E-state index contributed by atoms with van der Waals surface area (Å²) in [7, 11) is 0. The summed E-state index contributed by atoms with van der Waals surface area (Å²) in [5.74, 6) is -1.07. The summed E-state index contributed by atoms with van der Waals surface area (Å²) in [6, 6.07) is 0.